The molecule has 0 aliphatic rings. The van der Waals surface area contributed by atoms with Crippen LogP contribution in [0.5, 0.6) is 0 Å². The van der Waals surface area contributed by atoms with Crippen molar-refractivity contribution in [3.05, 3.63) is 29.8 Å². The largest absolute Gasteiger partial charge is 0.345 e. The zero-order valence-corrected chi connectivity index (χ0v) is 13.5. The molecule has 1 N–H and O–H groups in total. The Morgan fingerprint density at radius 3 is 2.10 bits per heavy atom. The molecular formula is C15H21NO4S. The molecular weight excluding hydrogens is 290 g/mol. The van der Waals surface area contributed by atoms with E-state index < -0.39 is 27.5 Å². The van der Waals surface area contributed by atoms with Crippen molar-refractivity contribution in [1.82, 2.24) is 5.32 Å². The first-order valence-electron chi connectivity index (χ1n) is 6.72. The molecule has 0 aromatic heterocycles. The van der Waals surface area contributed by atoms with Gasteiger partial charge in [0.25, 0.3) is 0 Å². The summed E-state index contributed by atoms with van der Waals surface area (Å²) < 4.78 is 24.3. The third-order valence-corrected chi connectivity index (χ3v) is 4.75. The predicted molar refractivity (Wildman–Crippen MR) is 80.7 cm³/mol. The van der Waals surface area contributed by atoms with Gasteiger partial charge in [-0.25, -0.2) is 8.42 Å². The molecule has 21 heavy (non-hydrogen) atoms. The smallest absolute Gasteiger partial charge is 0.236 e. The molecule has 1 aromatic rings. The van der Waals surface area contributed by atoms with E-state index in [-0.39, 0.29) is 16.6 Å². The van der Waals surface area contributed by atoms with Crippen molar-refractivity contribution in [2.24, 2.45) is 5.92 Å². The summed E-state index contributed by atoms with van der Waals surface area (Å²) in [6.45, 7) is 6.81. The van der Waals surface area contributed by atoms with Crippen molar-refractivity contribution in [1.29, 1.82) is 0 Å². The van der Waals surface area contributed by atoms with E-state index in [4.69, 9.17) is 0 Å². The van der Waals surface area contributed by atoms with Gasteiger partial charge < -0.3 is 5.32 Å². The van der Waals surface area contributed by atoms with Crippen molar-refractivity contribution >= 4 is 21.5 Å². The molecule has 0 aliphatic heterocycles. The maximum Gasteiger partial charge on any atom is 0.236 e. The SMILES string of the molecule is CC(=O)C(NC(=O)CS(=O)(=O)c1ccc(C)cc1)C(C)C. The van der Waals surface area contributed by atoms with Gasteiger partial charge in [0.05, 0.1) is 10.9 Å². The zero-order valence-electron chi connectivity index (χ0n) is 12.7. The molecule has 1 atom stereocenters. The van der Waals surface area contributed by atoms with E-state index in [1.807, 2.05) is 6.92 Å². The Hall–Kier alpha value is -1.69. The van der Waals surface area contributed by atoms with Crippen LogP contribution in [0.3, 0.4) is 0 Å². The van der Waals surface area contributed by atoms with Crippen LogP contribution in [0.2, 0.25) is 0 Å². The van der Waals surface area contributed by atoms with Crippen LogP contribution >= 0.6 is 0 Å². The molecule has 0 saturated carbocycles. The van der Waals surface area contributed by atoms with Gasteiger partial charge in [-0.3, -0.25) is 9.59 Å². The lowest BCUT2D eigenvalue weighted by atomic mass is 10.0. The Bertz CT molecular complexity index is 618. The molecule has 0 saturated heterocycles. The highest BCUT2D eigenvalue weighted by molar-refractivity contribution is 7.92. The topological polar surface area (TPSA) is 80.3 Å². The van der Waals surface area contributed by atoms with E-state index in [1.165, 1.54) is 19.1 Å². The number of rotatable bonds is 6. The fourth-order valence-electron chi connectivity index (χ4n) is 1.95. The van der Waals surface area contributed by atoms with E-state index in [0.717, 1.165) is 5.56 Å². The first kappa shape index (κ1) is 17.4. The summed E-state index contributed by atoms with van der Waals surface area (Å²) in [5, 5.41) is 2.49. The standard InChI is InChI=1S/C15H21NO4S/c1-10(2)15(12(4)17)16-14(18)9-21(19,20)13-7-5-11(3)6-8-13/h5-8,10,15H,9H2,1-4H3,(H,16,18). The average molecular weight is 311 g/mol. The molecule has 0 spiro atoms. The number of carbonyl (C=O) groups is 2. The average Bonchev–Trinajstić information content (AvgIpc) is 2.35. The fraction of sp³-hybridized carbons (Fsp3) is 0.467. The van der Waals surface area contributed by atoms with Gasteiger partial charge in [0.15, 0.2) is 15.6 Å². The van der Waals surface area contributed by atoms with Crippen molar-refractivity contribution in [3.8, 4) is 0 Å². The minimum atomic E-state index is -3.70. The van der Waals surface area contributed by atoms with Crippen LogP contribution in [0.15, 0.2) is 29.2 Å². The summed E-state index contributed by atoms with van der Waals surface area (Å²) in [5.41, 5.74) is 0.940. The van der Waals surface area contributed by atoms with Crippen molar-refractivity contribution in [2.75, 3.05) is 5.75 Å². The molecule has 0 heterocycles. The molecule has 0 aliphatic carbocycles. The summed E-state index contributed by atoms with van der Waals surface area (Å²) in [4.78, 5) is 23.4. The third-order valence-electron chi connectivity index (χ3n) is 3.12. The monoisotopic (exact) mass is 311 g/mol. The van der Waals surface area contributed by atoms with Crippen LogP contribution < -0.4 is 5.32 Å². The van der Waals surface area contributed by atoms with Crippen LogP contribution in [-0.2, 0) is 19.4 Å². The maximum atomic E-state index is 12.1. The van der Waals surface area contributed by atoms with E-state index in [1.54, 1.807) is 26.0 Å². The molecule has 6 heteroatoms. The first-order chi connectivity index (χ1) is 9.63. The summed E-state index contributed by atoms with van der Waals surface area (Å²) >= 11 is 0. The Labute approximate surface area is 125 Å². The van der Waals surface area contributed by atoms with Crippen molar-refractivity contribution in [3.63, 3.8) is 0 Å². The highest BCUT2D eigenvalue weighted by Crippen LogP contribution is 2.12. The number of benzene rings is 1. The van der Waals surface area contributed by atoms with Crippen LogP contribution in [0.25, 0.3) is 0 Å². The molecule has 0 fully saturated rings. The van der Waals surface area contributed by atoms with Gasteiger partial charge in [-0.05, 0) is 31.9 Å². The molecule has 1 unspecified atom stereocenters. The van der Waals surface area contributed by atoms with Gasteiger partial charge in [-0.15, -0.1) is 0 Å². The van der Waals surface area contributed by atoms with Crippen molar-refractivity contribution in [2.45, 2.75) is 38.6 Å². The van der Waals surface area contributed by atoms with Crippen LogP contribution in [-0.4, -0.2) is 31.9 Å². The van der Waals surface area contributed by atoms with E-state index in [2.05, 4.69) is 5.32 Å². The number of ketones is 1. The van der Waals surface area contributed by atoms with Crippen molar-refractivity contribution < 1.29 is 18.0 Å². The van der Waals surface area contributed by atoms with Crippen LogP contribution in [0, 0.1) is 12.8 Å². The van der Waals surface area contributed by atoms with Gasteiger partial charge in [0.2, 0.25) is 5.91 Å². The predicted octanol–water partition coefficient (Wildman–Crippen LogP) is 1.50. The first-order valence-corrected chi connectivity index (χ1v) is 8.38. The lowest BCUT2D eigenvalue weighted by Gasteiger charge is -2.19. The number of hydrogen-bond acceptors (Lipinski definition) is 4. The number of carbonyl (C=O) groups excluding carboxylic acids is 2. The number of sulfone groups is 1. The summed E-state index contributed by atoms with van der Waals surface area (Å²) in [6.07, 6.45) is 0. The molecule has 0 bridgehead atoms. The number of hydrogen-bond donors (Lipinski definition) is 1. The fourth-order valence-corrected chi connectivity index (χ4v) is 3.10. The molecule has 1 aromatic carbocycles. The minimum Gasteiger partial charge on any atom is -0.345 e. The minimum absolute atomic E-state index is 0.0893. The molecule has 1 rings (SSSR count). The van der Waals surface area contributed by atoms with Gasteiger partial charge in [-0.2, -0.15) is 0 Å². The van der Waals surface area contributed by atoms with Crippen LogP contribution in [0.4, 0.5) is 0 Å². The second-order valence-corrected chi connectivity index (χ2v) is 7.46. The molecule has 116 valence electrons. The van der Waals surface area contributed by atoms with Gasteiger partial charge in [0, 0.05) is 0 Å². The summed E-state index contributed by atoms with van der Waals surface area (Å²) in [5.74, 6) is -1.60. The maximum absolute atomic E-state index is 12.1. The number of aryl methyl sites for hydroxylation is 1. The zero-order chi connectivity index (χ0) is 16.2. The Morgan fingerprint density at radius 1 is 1.14 bits per heavy atom. The lowest BCUT2D eigenvalue weighted by Crippen LogP contribution is -2.45. The quantitative estimate of drug-likeness (QED) is 0.863. The lowest BCUT2D eigenvalue weighted by molar-refractivity contribution is -0.126. The van der Waals surface area contributed by atoms with Gasteiger partial charge in [-0.1, -0.05) is 31.5 Å². The molecule has 5 nitrogen and oxygen atoms in total. The highest BCUT2D eigenvalue weighted by Gasteiger charge is 2.24. The summed E-state index contributed by atoms with van der Waals surface area (Å²) in [6, 6.07) is 5.64. The molecule has 0 radical (unpaired) electrons. The number of nitrogens with one attached hydrogen (secondary N) is 1. The number of Topliss-reactive ketones (excluding diaryl/α,β-unsaturated/α-hetero) is 1. The van der Waals surface area contributed by atoms with Crippen LogP contribution in [0.1, 0.15) is 26.3 Å². The second kappa shape index (κ2) is 6.85. The summed E-state index contributed by atoms with van der Waals surface area (Å²) in [7, 11) is -3.70. The third kappa shape index (κ3) is 4.97. The Kier molecular flexibility index (Phi) is 5.66. The van der Waals surface area contributed by atoms with E-state index in [9.17, 15) is 18.0 Å². The Balaban J connectivity index is 2.82. The van der Waals surface area contributed by atoms with E-state index in [0.29, 0.717) is 0 Å². The van der Waals surface area contributed by atoms with E-state index >= 15 is 0 Å². The normalized spacial score (nSPS) is 13.0. The van der Waals surface area contributed by atoms with Gasteiger partial charge in [0.1, 0.15) is 5.75 Å². The second-order valence-electron chi connectivity index (χ2n) is 5.47. The molecule has 1 amide bonds. The number of amides is 1. The highest BCUT2D eigenvalue weighted by atomic mass is 32.2. The Morgan fingerprint density at radius 2 is 1.67 bits per heavy atom. The van der Waals surface area contributed by atoms with Gasteiger partial charge >= 0.3 is 0 Å².